The van der Waals surface area contributed by atoms with Crippen molar-refractivity contribution < 1.29 is 14.6 Å². The summed E-state index contributed by atoms with van der Waals surface area (Å²) in [4.78, 5) is 21.9. The van der Waals surface area contributed by atoms with Crippen LogP contribution in [0.5, 0.6) is 0 Å². The summed E-state index contributed by atoms with van der Waals surface area (Å²) in [6.07, 6.45) is 0.964. The van der Waals surface area contributed by atoms with Gasteiger partial charge in [0.05, 0.1) is 18.1 Å². The molecular weight excluding hydrogens is 302 g/mol. The van der Waals surface area contributed by atoms with Crippen LogP contribution in [0, 0.1) is 12.8 Å². The van der Waals surface area contributed by atoms with Crippen molar-refractivity contribution in [3.8, 4) is 0 Å². The first kappa shape index (κ1) is 16.6. The fourth-order valence-electron chi connectivity index (χ4n) is 1.95. The lowest BCUT2D eigenvalue weighted by atomic mass is 10.2. The van der Waals surface area contributed by atoms with Gasteiger partial charge in [-0.05, 0) is 25.3 Å². The quantitative estimate of drug-likeness (QED) is 0.795. The maximum Gasteiger partial charge on any atom is 0.348 e. The summed E-state index contributed by atoms with van der Waals surface area (Å²) in [6, 6.07) is 0. The zero-order chi connectivity index (χ0) is 16.3. The van der Waals surface area contributed by atoms with Gasteiger partial charge in [-0.1, -0.05) is 13.8 Å². The molecule has 0 aromatic carbocycles. The van der Waals surface area contributed by atoms with Crippen molar-refractivity contribution >= 4 is 33.3 Å². The van der Waals surface area contributed by atoms with E-state index in [2.05, 4.69) is 15.3 Å². The number of nitrogens with one attached hydrogen (secondary N) is 1. The van der Waals surface area contributed by atoms with E-state index in [0.717, 1.165) is 15.8 Å². The van der Waals surface area contributed by atoms with E-state index in [9.17, 15) is 9.90 Å². The second-order valence-electron chi connectivity index (χ2n) is 5.68. The van der Waals surface area contributed by atoms with Crippen LogP contribution in [0.4, 0.5) is 5.82 Å². The third-order valence-electron chi connectivity index (χ3n) is 3.02. The van der Waals surface area contributed by atoms with E-state index >= 15 is 0 Å². The third kappa shape index (κ3) is 3.72. The summed E-state index contributed by atoms with van der Waals surface area (Å²) >= 11 is 1.30. The van der Waals surface area contributed by atoms with Crippen LogP contribution in [-0.2, 0) is 4.74 Å². The van der Waals surface area contributed by atoms with E-state index < -0.39 is 6.10 Å². The molecule has 1 unspecified atom stereocenters. The van der Waals surface area contributed by atoms with Crippen molar-refractivity contribution in [3.63, 3.8) is 0 Å². The average Bonchev–Trinajstić information content (AvgIpc) is 2.80. The van der Waals surface area contributed by atoms with Crippen molar-refractivity contribution in [3.05, 3.63) is 16.8 Å². The lowest BCUT2D eigenvalue weighted by Gasteiger charge is -2.09. The zero-order valence-electron chi connectivity index (χ0n) is 13.2. The zero-order valence-corrected chi connectivity index (χ0v) is 14.0. The van der Waals surface area contributed by atoms with Gasteiger partial charge in [0.25, 0.3) is 0 Å². The van der Waals surface area contributed by atoms with Crippen LogP contribution < -0.4 is 5.32 Å². The number of hydrogen-bond donors (Lipinski definition) is 2. The molecule has 0 spiro atoms. The van der Waals surface area contributed by atoms with Crippen molar-refractivity contribution in [1.82, 2.24) is 9.97 Å². The normalized spacial score (nSPS) is 12.6. The summed E-state index contributed by atoms with van der Waals surface area (Å²) in [6.45, 7) is 8.32. The van der Waals surface area contributed by atoms with Gasteiger partial charge in [-0.25, -0.2) is 14.8 Å². The molecule has 2 heterocycles. The van der Waals surface area contributed by atoms with Crippen molar-refractivity contribution in [2.75, 3.05) is 18.5 Å². The number of aromatic nitrogens is 2. The van der Waals surface area contributed by atoms with E-state index in [1.54, 1.807) is 6.92 Å². The SMILES string of the molecule is Cc1c(C(=O)OCC(C)C)sc2ncnc(NCC(C)O)c12. The Labute approximate surface area is 133 Å². The smallest absolute Gasteiger partial charge is 0.348 e. The molecule has 2 aromatic rings. The Hall–Kier alpha value is -1.73. The van der Waals surface area contributed by atoms with Crippen LogP contribution in [0.3, 0.4) is 0 Å². The average molecular weight is 323 g/mol. The molecule has 6 nitrogen and oxygen atoms in total. The molecule has 0 saturated heterocycles. The van der Waals surface area contributed by atoms with Gasteiger partial charge in [-0.15, -0.1) is 11.3 Å². The molecule has 2 rings (SSSR count). The van der Waals surface area contributed by atoms with Gasteiger partial charge in [0, 0.05) is 6.54 Å². The van der Waals surface area contributed by atoms with Gasteiger partial charge in [0.1, 0.15) is 21.9 Å². The minimum absolute atomic E-state index is 0.293. The van der Waals surface area contributed by atoms with E-state index in [4.69, 9.17) is 4.74 Å². The number of rotatable bonds is 6. The number of hydrogen-bond acceptors (Lipinski definition) is 7. The molecule has 0 aliphatic carbocycles. The Morgan fingerprint density at radius 1 is 1.41 bits per heavy atom. The highest BCUT2D eigenvalue weighted by molar-refractivity contribution is 7.20. The predicted molar refractivity (Wildman–Crippen MR) is 87.4 cm³/mol. The number of aliphatic hydroxyl groups is 1. The first-order valence-corrected chi connectivity index (χ1v) is 8.05. The van der Waals surface area contributed by atoms with Crippen LogP contribution in [0.15, 0.2) is 6.33 Å². The van der Waals surface area contributed by atoms with Gasteiger partial charge < -0.3 is 15.2 Å². The van der Waals surface area contributed by atoms with Gasteiger partial charge in [-0.2, -0.15) is 0 Å². The van der Waals surface area contributed by atoms with Crippen LogP contribution >= 0.6 is 11.3 Å². The van der Waals surface area contributed by atoms with Crippen molar-refractivity contribution in [1.29, 1.82) is 0 Å². The molecule has 0 amide bonds. The molecule has 2 N–H and O–H groups in total. The number of nitrogens with zero attached hydrogens (tertiary/aromatic N) is 2. The van der Waals surface area contributed by atoms with Crippen LogP contribution in [0.25, 0.3) is 10.2 Å². The number of fused-ring (bicyclic) bond motifs is 1. The highest BCUT2D eigenvalue weighted by atomic mass is 32.1. The maximum atomic E-state index is 12.2. The Morgan fingerprint density at radius 3 is 2.77 bits per heavy atom. The highest BCUT2D eigenvalue weighted by Crippen LogP contribution is 2.33. The molecule has 0 aliphatic heterocycles. The standard InChI is InChI=1S/C15H21N3O3S/c1-8(2)6-21-15(20)12-10(4)11-13(16-5-9(3)19)17-7-18-14(11)22-12/h7-9,19H,5-6H2,1-4H3,(H,16,17,18). The minimum atomic E-state index is -0.487. The van der Waals surface area contributed by atoms with Crippen LogP contribution in [-0.4, -0.2) is 40.3 Å². The Kier molecular flexibility index (Phi) is 5.31. The molecule has 0 radical (unpaired) electrons. The fourth-order valence-corrected chi connectivity index (χ4v) is 3.00. The number of aliphatic hydroxyl groups excluding tert-OH is 1. The monoisotopic (exact) mass is 323 g/mol. The Bertz CT molecular complexity index is 667. The topological polar surface area (TPSA) is 84.3 Å². The van der Waals surface area contributed by atoms with Crippen LogP contribution in [0.2, 0.25) is 0 Å². The molecule has 1 atom stereocenters. The summed E-state index contributed by atoms with van der Waals surface area (Å²) in [7, 11) is 0. The molecule has 0 saturated carbocycles. The molecule has 22 heavy (non-hydrogen) atoms. The van der Waals surface area contributed by atoms with E-state index in [1.807, 2.05) is 20.8 Å². The first-order chi connectivity index (χ1) is 10.4. The summed E-state index contributed by atoms with van der Waals surface area (Å²) in [5, 5.41) is 13.3. The fraction of sp³-hybridized carbons (Fsp3) is 0.533. The molecule has 0 fully saturated rings. The van der Waals surface area contributed by atoms with Gasteiger partial charge in [0.15, 0.2) is 0 Å². The Balaban J connectivity index is 2.32. The van der Waals surface area contributed by atoms with Gasteiger partial charge in [-0.3, -0.25) is 0 Å². The molecule has 0 bridgehead atoms. The first-order valence-electron chi connectivity index (χ1n) is 7.23. The lowest BCUT2D eigenvalue weighted by molar-refractivity contribution is 0.0464. The highest BCUT2D eigenvalue weighted by Gasteiger charge is 2.20. The number of carbonyl (C=O) groups is 1. The third-order valence-corrected chi connectivity index (χ3v) is 4.20. The number of anilines is 1. The van der Waals surface area contributed by atoms with E-state index in [1.165, 1.54) is 17.7 Å². The molecule has 7 heteroatoms. The summed E-state index contributed by atoms with van der Waals surface area (Å²) < 4.78 is 5.30. The van der Waals surface area contributed by atoms with E-state index in [0.29, 0.717) is 29.8 Å². The largest absolute Gasteiger partial charge is 0.461 e. The number of esters is 1. The lowest BCUT2D eigenvalue weighted by Crippen LogP contribution is -2.16. The maximum absolute atomic E-state index is 12.2. The van der Waals surface area contributed by atoms with Gasteiger partial charge >= 0.3 is 5.97 Å². The second-order valence-corrected chi connectivity index (χ2v) is 6.68. The summed E-state index contributed by atoms with van der Waals surface area (Å²) in [5.74, 6) is 0.597. The molecular formula is C15H21N3O3S. The minimum Gasteiger partial charge on any atom is -0.461 e. The van der Waals surface area contributed by atoms with E-state index in [-0.39, 0.29) is 5.97 Å². The number of thiophene rings is 1. The Morgan fingerprint density at radius 2 is 2.14 bits per heavy atom. The summed E-state index contributed by atoms with van der Waals surface area (Å²) in [5.41, 5.74) is 0.808. The van der Waals surface area contributed by atoms with Gasteiger partial charge in [0.2, 0.25) is 0 Å². The molecule has 0 aliphatic rings. The van der Waals surface area contributed by atoms with Crippen molar-refractivity contribution in [2.45, 2.75) is 33.8 Å². The molecule has 120 valence electrons. The van der Waals surface area contributed by atoms with Crippen LogP contribution in [0.1, 0.15) is 36.0 Å². The molecule has 2 aromatic heterocycles. The van der Waals surface area contributed by atoms with Crippen molar-refractivity contribution in [2.24, 2.45) is 5.92 Å². The predicted octanol–water partition coefficient (Wildman–Crippen LogP) is 2.61. The number of carbonyl (C=O) groups excluding carboxylic acids is 1. The number of aryl methyl sites for hydroxylation is 1. The number of ether oxygens (including phenoxy) is 1. The second kappa shape index (κ2) is 7.02.